The molecule has 2 aliphatic heterocycles. The lowest BCUT2D eigenvalue weighted by molar-refractivity contribution is -0.360. The van der Waals surface area contributed by atoms with Crippen LogP contribution in [0.25, 0.3) is 0 Å². The van der Waals surface area contributed by atoms with Gasteiger partial charge in [-0.3, -0.25) is 23.4 Å². The van der Waals surface area contributed by atoms with Crippen LogP contribution in [0.15, 0.2) is 0 Å². The molecule has 94 heavy (non-hydrogen) atoms. The van der Waals surface area contributed by atoms with Crippen molar-refractivity contribution in [1.82, 2.24) is 0 Å². The minimum absolute atomic E-state index is 0.0341. The second kappa shape index (κ2) is 52.0. The first kappa shape index (κ1) is 86.2. The third-order valence-electron chi connectivity index (χ3n) is 18.4. The Morgan fingerprint density at radius 1 is 0.372 bits per heavy atom. The molecule has 18 atom stereocenters. The van der Waals surface area contributed by atoms with E-state index < -0.39 is 156 Å². The maximum absolute atomic E-state index is 14.3. The molecule has 25 heteroatoms. The summed E-state index contributed by atoms with van der Waals surface area (Å²) in [5.74, 6) is -1.98. The lowest BCUT2D eigenvalue weighted by atomic mass is 9.84. The quantitative estimate of drug-likeness (QED) is 0.0117. The van der Waals surface area contributed by atoms with Gasteiger partial charge in [0.1, 0.15) is 98.7 Å². The van der Waals surface area contributed by atoms with Crippen LogP contribution in [0.1, 0.15) is 290 Å². The Balaban J connectivity index is 1.72. The zero-order valence-electron chi connectivity index (χ0n) is 57.5. The van der Waals surface area contributed by atoms with E-state index in [4.69, 9.17) is 42.2 Å². The Bertz CT molecular complexity index is 1960. The molecule has 1 aliphatic carbocycles. The maximum atomic E-state index is 14.3. The molecular weight excluding hydrogens is 1240 g/mol. The summed E-state index contributed by atoms with van der Waals surface area (Å²) in [6.45, 7) is 3.43. The fraction of sp³-hybridized carbons (Fsp3) is 0.957. The molecule has 18 unspecified atom stereocenters. The molecule has 0 aromatic heterocycles. The summed E-state index contributed by atoms with van der Waals surface area (Å²) in [6, 6.07) is 0. The van der Waals surface area contributed by atoms with Crippen LogP contribution in [0.4, 0.5) is 0 Å². The van der Waals surface area contributed by atoms with E-state index in [1.165, 1.54) is 135 Å². The molecule has 0 bridgehead atoms. The molecule has 0 aromatic carbocycles. The van der Waals surface area contributed by atoms with E-state index >= 15 is 0 Å². The average Bonchev–Trinajstić information content (AvgIpc) is 0.766. The van der Waals surface area contributed by atoms with Crippen LogP contribution in [0.5, 0.6) is 0 Å². The predicted octanol–water partition coefficient (Wildman–Crippen LogP) is 9.40. The Hall–Kier alpha value is -2.04. The highest BCUT2D eigenvalue weighted by Crippen LogP contribution is 2.49. The van der Waals surface area contributed by atoms with Crippen LogP contribution >= 0.6 is 7.82 Å². The molecular formula is C69H129O24P. The molecule has 24 nitrogen and oxygen atoms in total. The number of hydrogen-bond donors (Lipinski definition) is 11. The number of esters is 3. The van der Waals surface area contributed by atoms with Crippen molar-refractivity contribution in [2.45, 2.75) is 395 Å². The van der Waals surface area contributed by atoms with Gasteiger partial charge in [0.15, 0.2) is 18.7 Å². The summed E-state index contributed by atoms with van der Waals surface area (Å²) in [6.07, 6.45) is 7.69. The zero-order chi connectivity index (χ0) is 68.9. The van der Waals surface area contributed by atoms with Crippen LogP contribution in [-0.2, 0) is 61.2 Å². The van der Waals surface area contributed by atoms with Crippen molar-refractivity contribution in [1.29, 1.82) is 0 Å². The number of phosphoric ester groups is 1. The van der Waals surface area contributed by atoms with E-state index in [0.717, 1.165) is 96.3 Å². The summed E-state index contributed by atoms with van der Waals surface area (Å²) >= 11 is 0. The highest BCUT2D eigenvalue weighted by Gasteiger charge is 2.58. The van der Waals surface area contributed by atoms with Crippen LogP contribution in [0, 0.1) is 0 Å². The predicted molar refractivity (Wildman–Crippen MR) is 352 cm³/mol. The van der Waals surface area contributed by atoms with Crippen LogP contribution in [-0.4, -0.2) is 204 Å². The van der Waals surface area contributed by atoms with Gasteiger partial charge in [0.25, 0.3) is 0 Å². The summed E-state index contributed by atoms with van der Waals surface area (Å²) in [5.41, 5.74) is 0. The number of phosphoric acid groups is 1. The first-order chi connectivity index (χ1) is 45.3. The number of rotatable bonds is 57. The van der Waals surface area contributed by atoms with E-state index in [9.17, 15) is 74.9 Å². The van der Waals surface area contributed by atoms with E-state index in [-0.39, 0.29) is 19.3 Å². The van der Waals surface area contributed by atoms with Crippen LogP contribution in [0.2, 0.25) is 0 Å². The van der Waals surface area contributed by atoms with Crippen molar-refractivity contribution in [3.05, 3.63) is 0 Å². The van der Waals surface area contributed by atoms with Crippen molar-refractivity contribution in [2.24, 2.45) is 0 Å². The van der Waals surface area contributed by atoms with Crippen molar-refractivity contribution in [3.8, 4) is 0 Å². The molecule has 1 saturated carbocycles. The fourth-order valence-corrected chi connectivity index (χ4v) is 13.3. The number of carbonyl (C=O) groups excluding carboxylic acids is 3. The molecule has 2 heterocycles. The average molecular weight is 1370 g/mol. The second-order valence-corrected chi connectivity index (χ2v) is 28.1. The highest BCUT2D eigenvalue weighted by molar-refractivity contribution is 7.47. The molecule has 3 rings (SSSR count). The second-order valence-electron chi connectivity index (χ2n) is 26.7. The first-order valence-corrected chi connectivity index (χ1v) is 38.3. The Morgan fingerprint density at radius 2 is 0.681 bits per heavy atom. The van der Waals surface area contributed by atoms with E-state index in [1.807, 2.05) is 0 Å². The molecule has 554 valence electrons. The largest absolute Gasteiger partial charge is 0.472 e. The molecule has 3 aliphatic rings. The Kier molecular flexibility index (Phi) is 47.7. The van der Waals surface area contributed by atoms with Crippen molar-refractivity contribution in [2.75, 3.05) is 26.4 Å². The number of aliphatic hydroxyl groups is 10. The Labute approximate surface area is 561 Å². The number of ether oxygens (including phenoxy) is 7. The van der Waals surface area contributed by atoms with E-state index in [0.29, 0.717) is 19.3 Å². The molecule has 0 amide bonds. The highest BCUT2D eigenvalue weighted by atomic mass is 31.2. The SMILES string of the molecule is CCCCCCCCCCCCCCCCCCCC(=O)OCC1OC(OC2C(O)C(O)C(O)C(OC3OC(CO)C(O)C(O)C3O)C2OP(=O)(O)OCC(COC(=O)CCCCCCCCCCCCC)OC(=O)CCCCCCCCCCCCC)C(O)C(O)C1O. The molecule has 0 radical (unpaired) electrons. The van der Waals surface area contributed by atoms with Gasteiger partial charge in [-0.25, -0.2) is 4.57 Å². The zero-order valence-corrected chi connectivity index (χ0v) is 58.4. The third-order valence-corrected chi connectivity index (χ3v) is 19.4. The van der Waals surface area contributed by atoms with Crippen molar-refractivity contribution in [3.63, 3.8) is 0 Å². The van der Waals surface area contributed by atoms with Gasteiger partial charge in [-0.05, 0) is 19.3 Å². The van der Waals surface area contributed by atoms with Gasteiger partial charge < -0.3 is 89.1 Å². The monoisotopic (exact) mass is 1370 g/mol. The third kappa shape index (κ3) is 35.3. The number of aliphatic hydroxyl groups excluding tert-OH is 10. The fourth-order valence-electron chi connectivity index (χ4n) is 12.3. The summed E-state index contributed by atoms with van der Waals surface area (Å²) in [4.78, 5) is 50.8. The Morgan fingerprint density at radius 3 is 1.04 bits per heavy atom. The minimum atomic E-state index is -5.68. The van der Waals surface area contributed by atoms with E-state index in [1.54, 1.807) is 0 Å². The molecule has 0 spiro atoms. The van der Waals surface area contributed by atoms with Crippen LogP contribution in [0.3, 0.4) is 0 Å². The van der Waals surface area contributed by atoms with E-state index in [2.05, 4.69) is 20.8 Å². The van der Waals surface area contributed by atoms with Gasteiger partial charge in [0, 0.05) is 19.3 Å². The number of unbranched alkanes of at least 4 members (excludes halogenated alkanes) is 36. The lowest BCUT2D eigenvalue weighted by Crippen LogP contribution is -2.69. The topological polar surface area (TPSA) is 374 Å². The smallest absolute Gasteiger partial charge is 0.463 e. The van der Waals surface area contributed by atoms with Gasteiger partial charge >= 0.3 is 25.7 Å². The van der Waals surface area contributed by atoms with Crippen molar-refractivity contribution >= 4 is 25.7 Å². The summed E-state index contributed by atoms with van der Waals surface area (Å²) in [7, 11) is -5.68. The van der Waals surface area contributed by atoms with Gasteiger partial charge in [-0.1, -0.05) is 252 Å². The summed E-state index contributed by atoms with van der Waals surface area (Å²) in [5, 5.41) is 110. The molecule has 3 fully saturated rings. The molecule has 11 N–H and O–H groups in total. The maximum Gasteiger partial charge on any atom is 0.472 e. The van der Waals surface area contributed by atoms with Crippen LogP contribution < -0.4 is 0 Å². The van der Waals surface area contributed by atoms with Gasteiger partial charge in [-0.2, -0.15) is 0 Å². The molecule has 0 aromatic rings. The normalized spacial score (nSPS) is 28.2. The van der Waals surface area contributed by atoms with Gasteiger partial charge in [0.2, 0.25) is 0 Å². The lowest BCUT2D eigenvalue weighted by Gasteiger charge is -2.49. The first-order valence-electron chi connectivity index (χ1n) is 36.8. The minimum Gasteiger partial charge on any atom is -0.463 e. The standard InChI is InChI=1S/C69H129O24P/c1-4-7-10-13-16-19-22-23-24-25-26-27-30-32-35-38-41-44-54(72)86-49-52-57(75)59(77)64(82)69(90-52)92-66-62(80)60(78)61(79)65(91-68-63(81)58(76)56(74)51(46-70)89-68)67(66)93-94(83,84)87-48-50(88-55(73)45-42-39-36-33-29-21-18-15-12-9-6-3)47-85-53(71)43-40-37-34-31-28-20-17-14-11-8-5-2/h50-52,56-70,74-82H,4-49H2,1-3H3,(H,83,84). The van der Waals surface area contributed by atoms with Gasteiger partial charge in [-0.15, -0.1) is 0 Å². The van der Waals surface area contributed by atoms with Gasteiger partial charge in [0.05, 0.1) is 13.2 Å². The number of carbonyl (C=O) groups is 3. The summed E-state index contributed by atoms with van der Waals surface area (Å²) < 4.78 is 64.9. The number of hydrogen-bond acceptors (Lipinski definition) is 23. The van der Waals surface area contributed by atoms with Crippen molar-refractivity contribution < 1.29 is 117 Å². The molecule has 2 saturated heterocycles.